The molecule has 3 rings (SSSR count). The zero-order valence-electron chi connectivity index (χ0n) is 15.4. The van der Waals surface area contributed by atoms with Crippen LogP contribution in [0.3, 0.4) is 0 Å². The van der Waals surface area contributed by atoms with Gasteiger partial charge in [-0.1, -0.05) is 89.7 Å². The van der Waals surface area contributed by atoms with Crippen molar-refractivity contribution in [2.24, 2.45) is 0 Å². The van der Waals surface area contributed by atoms with Crippen LogP contribution < -0.4 is 0 Å². The molecule has 1 aliphatic carbocycles. The van der Waals surface area contributed by atoms with Gasteiger partial charge in [-0.2, -0.15) is 18.2 Å². The minimum atomic E-state index is -0.826. The van der Waals surface area contributed by atoms with Gasteiger partial charge in [0.1, 0.15) is 0 Å². The average molecular weight is 538 g/mol. The molecule has 0 unspecified atom stereocenters. The molecule has 0 spiro atoms. The normalized spacial score (nSPS) is 10.4. The molecule has 1 N–H and O–H groups in total. The molecule has 0 amide bonds. The maximum absolute atomic E-state index is 6.94. The minimum absolute atomic E-state index is 0.250. The van der Waals surface area contributed by atoms with Gasteiger partial charge in [-0.15, -0.1) is 16.7 Å². The molecule has 25 heavy (non-hydrogen) atoms. The Bertz CT molecular complexity index is 625. The van der Waals surface area contributed by atoms with Crippen molar-refractivity contribution in [2.45, 2.75) is 45.8 Å². The first-order valence-corrected chi connectivity index (χ1v) is 17.3. The summed E-state index contributed by atoms with van der Waals surface area (Å²) >= 11 is 2.63. The van der Waals surface area contributed by atoms with Crippen molar-refractivity contribution in [2.75, 3.05) is 0 Å². The third kappa shape index (κ3) is 11.8. The third-order valence-corrected chi connectivity index (χ3v) is 3.13. The van der Waals surface area contributed by atoms with Gasteiger partial charge in [0.25, 0.3) is 0 Å². The van der Waals surface area contributed by atoms with E-state index in [2.05, 4.69) is 71.5 Å². The van der Waals surface area contributed by atoms with Crippen molar-refractivity contribution in [3.8, 4) is 11.1 Å². The van der Waals surface area contributed by atoms with Gasteiger partial charge in [-0.25, -0.2) is 0 Å². The number of hydrogen-bond donors (Lipinski definition) is 0. The Kier molecular flexibility index (Phi) is 14.0. The third-order valence-electron chi connectivity index (χ3n) is 2.67. The summed E-state index contributed by atoms with van der Waals surface area (Å²) in [5, 5.41) is 0. The van der Waals surface area contributed by atoms with Crippen molar-refractivity contribution in [3.63, 3.8) is 0 Å². The first-order chi connectivity index (χ1) is 11.7. The second kappa shape index (κ2) is 13.7. The molecule has 0 saturated heterocycles. The van der Waals surface area contributed by atoms with E-state index >= 15 is 0 Å². The van der Waals surface area contributed by atoms with E-state index in [1.807, 2.05) is 20.8 Å². The summed E-state index contributed by atoms with van der Waals surface area (Å²) < 4.78 is 1.05. The predicted molar refractivity (Wildman–Crippen MR) is 116 cm³/mol. The molecule has 2 aromatic carbocycles. The first kappa shape index (κ1) is 25.6. The van der Waals surface area contributed by atoms with Gasteiger partial charge < -0.3 is 5.73 Å². The van der Waals surface area contributed by atoms with Crippen molar-refractivity contribution < 1.29 is 20.8 Å². The van der Waals surface area contributed by atoms with Crippen molar-refractivity contribution in [3.05, 3.63) is 63.8 Å². The molecular weight excluding hydrogens is 512 g/mol. The second-order valence-electron chi connectivity index (χ2n) is 6.43. The van der Waals surface area contributed by atoms with Crippen molar-refractivity contribution in [1.82, 2.24) is 0 Å². The van der Waals surface area contributed by atoms with Crippen LogP contribution in [0.2, 0.25) is 13.1 Å². The molecule has 135 valence electrons. The van der Waals surface area contributed by atoms with Gasteiger partial charge in [0.05, 0.1) is 0 Å². The fourth-order valence-corrected chi connectivity index (χ4v) is 2.40. The van der Waals surface area contributed by atoms with E-state index in [-0.39, 0.29) is 5.54 Å². The summed E-state index contributed by atoms with van der Waals surface area (Å²) in [7, 11) is 10.6. The van der Waals surface area contributed by atoms with Crippen molar-refractivity contribution >= 4 is 42.5 Å². The van der Waals surface area contributed by atoms with Gasteiger partial charge in [-0.3, -0.25) is 0 Å². The van der Waals surface area contributed by atoms with Crippen LogP contribution in [0.25, 0.3) is 16.9 Å². The molecule has 0 aliphatic heterocycles. The Morgan fingerprint density at radius 2 is 1.56 bits per heavy atom. The zero-order valence-corrected chi connectivity index (χ0v) is 22.1. The fourth-order valence-electron chi connectivity index (χ4n) is 2.03. The number of halogens is 3. The topological polar surface area (TPSA) is 23.8 Å². The molecule has 0 saturated carbocycles. The summed E-state index contributed by atoms with van der Waals surface area (Å²) in [5.74, 6) is 0. The molecule has 0 bridgehead atoms. The molecule has 1 nitrogen and oxygen atoms in total. The van der Waals surface area contributed by atoms with Gasteiger partial charge >= 0.3 is 37.9 Å². The van der Waals surface area contributed by atoms with E-state index in [9.17, 15) is 0 Å². The van der Waals surface area contributed by atoms with Crippen molar-refractivity contribution in [1.29, 1.82) is 0 Å². The number of nitrogens with one attached hydrogen (secondary N) is 1. The Morgan fingerprint density at radius 1 is 1.08 bits per heavy atom. The fraction of sp³-hybridized carbons (Fsp3) is 0.368. The van der Waals surface area contributed by atoms with Crippen LogP contribution in [-0.2, 0) is 27.3 Å². The molecule has 2 aromatic rings. The van der Waals surface area contributed by atoms with Crippen LogP contribution in [0.15, 0.2) is 40.9 Å². The standard InChI is InChI=1S/C13H8Br.C4H10N.C2H7Si.2ClH.Zr/c14-11-5-6-13-10(8-11)7-9-3-1-2-4-12(9)13;1-4(2,3)5;1-3-2;;;/h1-6H,7H2;5H,1-3H3;3H,1-2H3;2*1H;/q2*-1;;;;+4/p-2. The quantitative estimate of drug-likeness (QED) is 0.209. The van der Waals surface area contributed by atoms with Gasteiger partial charge in [-0.05, 0) is 6.42 Å². The zero-order chi connectivity index (χ0) is 19.5. The molecular formula is C19H25BrCl2NSiZr. The van der Waals surface area contributed by atoms with E-state index in [1.54, 1.807) is 0 Å². The van der Waals surface area contributed by atoms with E-state index in [0.29, 0.717) is 0 Å². The van der Waals surface area contributed by atoms with Gasteiger partial charge in [0.15, 0.2) is 0 Å². The molecule has 0 aromatic heterocycles. The molecule has 0 atom stereocenters. The number of benzene rings is 2. The van der Waals surface area contributed by atoms with E-state index in [4.69, 9.17) is 22.8 Å². The van der Waals surface area contributed by atoms with E-state index < -0.39 is 20.8 Å². The van der Waals surface area contributed by atoms with E-state index in [1.165, 1.54) is 22.3 Å². The molecule has 1 radical (unpaired) electrons. The first-order valence-electron chi connectivity index (χ1n) is 7.92. The van der Waals surface area contributed by atoms with E-state index in [0.717, 1.165) is 20.4 Å². The Morgan fingerprint density at radius 3 is 2.08 bits per heavy atom. The SMILES string of the molecule is Brc1[c-]c2c(cc1)-c1ccccc1C2.CC(C)(C)[NH-].C[SiH]C.[Cl][Zr+2][Cl]. The Labute approximate surface area is 182 Å². The van der Waals surface area contributed by atoms with Gasteiger partial charge in [0, 0.05) is 9.52 Å². The molecule has 0 heterocycles. The van der Waals surface area contributed by atoms with Crippen LogP contribution in [0.5, 0.6) is 0 Å². The van der Waals surface area contributed by atoms with Gasteiger partial charge in [0.2, 0.25) is 0 Å². The molecule has 1 aliphatic rings. The summed E-state index contributed by atoms with van der Waals surface area (Å²) in [4.78, 5) is 0. The van der Waals surface area contributed by atoms with Crippen LogP contribution in [0.4, 0.5) is 0 Å². The predicted octanol–water partition coefficient (Wildman–Crippen LogP) is 7.55. The second-order valence-corrected chi connectivity index (χ2v) is 12.2. The number of hydrogen-bond acceptors (Lipinski definition) is 0. The number of fused-ring (bicyclic) bond motifs is 3. The molecule has 0 fully saturated rings. The Balaban J connectivity index is 0.000000441. The van der Waals surface area contributed by atoms with Crippen LogP contribution in [0, 0.1) is 6.07 Å². The summed E-state index contributed by atoms with van der Waals surface area (Å²) in [5.41, 5.74) is 12.1. The number of rotatable bonds is 0. The Hall–Kier alpha value is 0.560. The monoisotopic (exact) mass is 534 g/mol. The van der Waals surface area contributed by atoms with Crippen LogP contribution in [0.1, 0.15) is 31.9 Å². The summed E-state index contributed by atoms with van der Waals surface area (Å²) in [6.07, 6.45) is 1.02. The molecule has 6 heteroatoms. The summed E-state index contributed by atoms with van der Waals surface area (Å²) in [6.45, 7) is 9.98. The van der Waals surface area contributed by atoms with Crippen LogP contribution in [-0.4, -0.2) is 15.1 Å². The van der Waals surface area contributed by atoms with Crippen LogP contribution >= 0.6 is 33.0 Å². The summed E-state index contributed by atoms with van der Waals surface area (Å²) in [6, 6.07) is 16.1. The average Bonchev–Trinajstić information content (AvgIpc) is 2.84. The maximum atomic E-state index is 6.94.